The van der Waals surface area contributed by atoms with Crippen molar-refractivity contribution < 1.29 is 33.8 Å². The predicted octanol–water partition coefficient (Wildman–Crippen LogP) is -2.03. The average Bonchev–Trinajstić information content (AvgIpc) is 2.59. The zero-order valence-corrected chi connectivity index (χ0v) is 15.6. The van der Waals surface area contributed by atoms with Crippen molar-refractivity contribution in [2.24, 2.45) is 5.73 Å². The van der Waals surface area contributed by atoms with Crippen LogP contribution in [0.2, 0.25) is 0 Å². The smallest absolute Gasteiger partial charge is 0.312 e. The van der Waals surface area contributed by atoms with Crippen LogP contribution in [0.5, 0.6) is 0 Å². The number of nitrogens with two attached hydrogens (primary N) is 1. The lowest BCUT2D eigenvalue weighted by Crippen LogP contribution is -2.39. The minimum atomic E-state index is -1.19. The molecule has 0 rings (SSSR count). The fourth-order valence-electron chi connectivity index (χ4n) is 2.03. The number of carboxylic acids is 1. The van der Waals surface area contributed by atoms with E-state index in [1.54, 1.807) is 7.05 Å². The van der Waals surface area contributed by atoms with Crippen molar-refractivity contribution in [3.8, 4) is 0 Å². The second-order valence-electron chi connectivity index (χ2n) is 5.67. The van der Waals surface area contributed by atoms with Crippen molar-refractivity contribution in [3.05, 3.63) is 0 Å². The lowest BCUT2D eigenvalue weighted by Gasteiger charge is -2.11. The van der Waals surface area contributed by atoms with Crippen LogP contribution in [-0.2, 0) is 28.7 Å². The molecule has 0 aromatic carbocycles. The van der Waals surface area contributed by atoms with Crippen LogP contribution in [0.15, 0.2) is 0 Å². The molecule has 11 nitrogen and oxygen atoms in total. The fourth-order valence-corrected chi connectivity index (χ4v) is 2.03. The molecule has 27 heavy (non-hydrogen) atoms. The van der Waals surface area contributed by atoms with E-state index in [0.717, 1.165) is 12.8 Å². The summed E-state index contributed by atoms with van der Waals surface area (Å²) in [5.41, 5.74) is 5.21. The van der Waals surface area contributed by atoms with Crippen LogP contribution in [0.4, 0.5) is 0 Å². The molecule has 0 aromatic rings. The molecule has 0 saturated carbocycles. The first-order valence-electron chi connectivity index (χ1n) is 8.74. The maximum absolute atomic E-state index is 11.5. The molecule has 0 aromatic heterocycles. The van der Waals surface area contributed by atoms with Gasteiger partial charge >= 0.3 is 5.97 Å². The van der Waals surface area contributed by atoms with Gasteiger partial charge in [-0.1, -0.05) is 0 Å². The maximum Gasteiger partial charge on any atom is 0.312 e. The van der Waals surface area contributed by atoms with Gasteiger partial charge in [-0.3, -0.25) is 19.2 Å². The lowest BCUT2D eigenvalue weighted by atomic mass is 10.1. The third kappa shape index (κ3) is 15.7. The number of aliphatic carboxylic acids is 1. The lowest BCUT2D eigenvalue weighted by molar-refractivity contribution is -0.140. The standard InChI is InChI=1S/C16H30N4O7/c1-18-12(16(17)25)4-2-3-5-19-14(22)11-27-9-8-26-7-6-20-13(21)10-15(23)24/h12,18H,2-11H2,1H3,(H2,17,25)(H,19,22)(H,20,21)(H,23,24). The maximum atomic E-state index is 11.5. The highest BCUT2D eigenvalue weighted by Gasteiger charge is 2.11. The molecule has 0 spiro atoms. The minimum Gasteiger partial charge on any atom is -0.481 e. The largest absolute Gasteiger partial charge is 0.481 e. The fraction of sp³-hybridized carbons (Fsp3) is 0.750. The van der Waals surface area contributed by atoms with E-state index in [4.69, 9.17) is 20.3 Å². The van der Waals surface area contributed by atoms with Gasteiger partial charge in [-0.15, -0.1) is 0 Å². The third-order valence-electron chi connectivity index (χ3n) is 3.42. The first kappa shape index (κ1) is 24.8. The summed E-state index contributed by atoms with van der Waals surface area (Å²) >= 11 is 0. The summed E-state index contributed by atoms with van der Waals surface area (Å²) in [6, 6.07) is -0.352. The Hall–Kier alpha value is -2.24. The normalized spacial score (nSPS) is 11.6. The topological polar surface area (TPSA) is 169 Å². The van der Waals surface area contributed by atoms with E-state index in [9.17, 15) is 19.2 Å². The van der Waals surface area contributed by atoms with Crippen LogP contribution in [0.1, 0.15) is 25.7 Å². The molecule has 3 amide bonds. The van der Waals surface area contributed by atoms with Crippen LogP contribution in [-0.4, -0.2) is 81.4 Å². The van der Waals surface area contributed by atoms with Gasteiger partial charge in [-0.05, 0) is 26.3 Å². The minimum absolute atomic E-state index is 0.0842. The number of hydrogen-bond donors (Lipinski definition) is 5. The van der Waals surface area contributed by atoms with Gasteiger partial charge in [0.1, 0.15) is 13.0 Å². The van der Waals surface area contributed by atoms with Crippen molar-refractivity contribution in [3.63, 3.8) is 0 Å². The van der Waals surface area contributed by atoms with Crippen LogP contribution in [0.25, 0.3) is 0 Å². The van der Waals surface area contributed by atoms with E-state index in [1.165, 1.54) is 0 Å². The highest BCUT2D eigenvalue weighted by atomic mass is 16.5. The number of carbonyl (C=O) groups is 4. The summed E-state index contributed by atoms with van der Waals surface area (Å²) in [7, 11) is 1.67. The summed E-state index contributed by atoms with van der Waals surface area (Å²) in [5, 5.41) is 16.3. The Morgan fingerprint density at radius 1 is 0.963 bits per heavy atom. The van der Waals surface area contributed by atoms with E-state index in [1.807, 2.05) is 0 Å². The highest BCUT2D eigenvalue weighted by Crippen LogP contribution is 1.99. The number of nitrogens with one attached hydrogen (secondary N) is 3. The number of ether oxygens (including phenoxy) is 2. The summed E-state index contributed by atoms with van der Waals surface area (Å²) in [5.74, 6) is -2.39. The molecule has 0 heterocycles. The number of carboxylic acid groups (broad SMARTS) is 1. The van der Waals surface area contributed by atoms with Gasteiger partial charge < -0.3 is 36.3 Å². The number of primary amides is 1. The Balaban J connectivity index is 3.43. The van der Waals surface area contributed by atoms with Crippen LogP contribution in [0, 0.1) is 0 Å². The van der Waals surface area contributed by atoms with Gasteiger partial charge in [0.05, 0.1) is 25.9 Å². The molecule has 11 heteroatoms. The van der Waals surface area contributed by atoms with Crippen molar-refractivity contribution in [2.75, 3.05) is 46.6 Å². The number of carbonyl (C=O) groups excluding carboxylic acids is 3. The molecular weight excluding hydrogens is 360 g/mol. The molecule has 0 fully saturated rings. The van der Waals surface area contributed by atoms with E-state index in [0.29, 0.717) is 13.0 Å². The van der Waals surface area contributed by atoms with Gasteiger partial charge in [0, 0.05) is 13.1 Å². The monoisotopic (exact) mass is 390 g/mol. The molecule has 0 saturated heterocycles. The molecule has 1 atom stereocenters. The number of likely N-dealkylation sites (N-methyl/N-ethyl adjacent to an activating group) is 1. The summed E-state index contributed by atoms with van der Waals surface area (Å²) in [6.07, 6.45) is 1.53. The Morgan fingerprint density at radius 3 is 2.26 bits per heavy atom. The van der Waals surface area contributed by atoms with E-state index in [2.05, 4.69) is 16.0 Å². The number of hydrogen-bond acceptors (Lipinski definition) is 7. The summed E-state index contributed by atoms with van der Waals surface area (Å²) < 4.78 is 10.3. The molecule has 0 radical (unpaired) electrons. The molecule has 0 aliphatic carbocycles. The number of amides is 3. The Morgan fingerprint density at radius 2 is 1.63 bits per heavy atom. The first-order chi connectivity index (χ1) is 12.9. The van der Waals surface area contributed by atoms with Gasteiger partial charge in [-0.25, -0.2) is 0 Å². The number of unbranched alkanes of at least 4 members (excludes halogenated alkanes) is 1. The van der Waals surface area contributed by atoms with E-state index >= 15 is 0 Å². The van der Waals surface area contributed by atoms with Crippen molar-refractivity contribution in [2.45, 2.75) is 31.7 Å². The molecule has 0 bridgehead atoms. The molecule has 6 N–H and O–H groups in total. The average molecular weight is 390 g/mol. The second kappa shape index (κ2) is 16.0. The zero-order valence-electron chi connectivity index (χ0n) is 15.6. The SMILES string of the molecule is CNC(CCCCNC(=O)COCCOCCNC(=O)CC(=O)O)C(N)=O. The molecule has 1 unspecified atom stereocenters. The van der Waals surface area contributed by atoms with Gasteiger partial charge in [0.15, 0.2) is 0 Å². The van der Waals surface area contributed by atoms with Crippen molar-refractivity contribution in [1.82, 2.24) is 16.0 Å². The van der Waals surface area contributed by atoms with E-state index in [-0.39, 0.29) is 50.8 Å². The quantitative estimate of drug-likeness (QED) is 0.140. The van der Waals surface area contributed by atoms with E-state index < -0.39 is 18.3 Å². The van der Waals surface area contributed by atoms with Crippen molar-refractivity contribution in [1.29, 1.82) is 0 Å². The summed E-state index contributed by atoms with van der Waals surface area (Å²) in [4.78, 5) is 43.9. The Kier molecular flexibility index (Phi) is 14.6. The third-order valence-corrected chi connectivity index (χ3v) is 3.42. The molecular formula is C16H30N4O7. The molecule has 156 valence electrons. The van der Waals surface area contributed by atoms with Crippen LogP contribution < -0.4 is 21.7 Å². The zero-order chi connectivity index (χ0) is 20.5. The van der Waals surface area contributed by atoms with Gasteiger partial charge in [0.25, 0.3) is 0 Å². The Bertz CT molecular complexity index is 474. The number of rotatable bonds is 17. The predicted molar refractivity (Wildman–Crippen MR) is 95.8 cm³/mol. The van der Waals surface area contributed by atoms with Gasteiger partial charge in [-0.2, -0.15) is 0 Å². The van der Waals surface area contributed by atoms with Gasteiger partial charge in [0.2, 0.25) is 17.7 Å². The highest BCUT2D eigenvalue weighted by molar-refractivity contribution is 5.93. The van der Waals surface area contributed by atoms with Crippen LogP contribution >= 0.6 is 0 Å². The summed E-state index contributed by atoms with van der Waals surface area (Å²) in [6.45, 7) is 1.30. The second-order valence-corrected chi connectivity index (χ2v) is 5.67. The Labute approximate surface area is 158 Å². The molecule has 0 aliphatic heterocycles. The van der Waals surface area contributed by atoms with Crippen molar-refractivity contribution >= 4 is 23.7 Å². The first-order valence-corrected chi connectivity index (χ1v) is 8.74. The van der Waals surface area contributed by atoms with Crippen LogP contribution in [0.3, 0.4) is 0 Å². The molecule has 0 aliphatic rings.